The minimum atomic E-state index is -3.97. The zero-order chi connectivity index (χ0) is 13.2. The molecule has 1 aliphatic heterocycles. The van der Waals surface area contributed by atoms with Gasteiger partial charge in [0.25, 0.3) is 0 Å². The van der Waals surface area contributed by atoms with E-state index in [9.17, 15) is 13.2 Å². The first-order valence-electron chi connectivity index (χ1n) is 4.75. The van der Waals surface area contributed by atoms with E-state index in [1.807, 2.05) is 0 Å². The Morgan fingerprint density at radius 3 is 2.47 bits per heavy atom. The smallest absolute Gasteiger partial charge is 0.347 e. The average Bonchev–Trinajstić information content (AvgIpc) is 2.25. The second-order valence-corrected chi connectivity index (χ2v) is 5.09. The highest BCUT2D eigenvalue weighted by Gasteiger charge is 2.22. The molecule has 0 radical (unpaired) electrons. The van der Waals surface area contributed by atoms with Gasteiger partial charge in [-0.3, -0.25) is 5.32 Å². The Hall–Kier alpha value is -1.84. The van der Waals surface area contributed by atoms with Gasteiger partial charge in [0, 0.05) is 5.02 Å². The highest BCUT2D eigenvalue weighted by atomic mass is 35.5. The summed E-state index contributed by atoms with van der Waals surface area (Å²) in [6, 6.07) is 5.60. The first-order valence-corrected chi connectivity index (χ1v) is 6.57. The largest absolute Gasteiger partial charge is 0.486 e. The summed E-state index contributed by atoms with van der Waals surface area (Å²) in [5, 5.41) is 2.78. The van der Waals surface area contributed by atoms with Gasteiger partial charge >= 0.3 is 16.2 Å². The van der Waals surface area contributed by atoms with Crippen LogP contribution in [0.25, 0.3) is 0 Å². The summed E-state index contributed by atoms with van der Waals surface area (Å²) in [6.07, 6.45) is 0. The molecule has 19 heavy (non-hydrogen) atoms. The quantitative estimate of drug-likeness (QED) is 0.804. The molecule has 0 bridgehead atoms. The van der Waals surface area contributed by atoms with Crippen LogP contribution < -0.4 is 14.8 Å². The Balaban J connectivity index is 0.00000180. The number of halogens is 1. The van der Waals surface area contributed by atoms with E-state index in [1.165, 1.54) is 0 Å². The summed E-state index contributed by atoms with van der Waals surface area (Å²) in [4.78, 5) is 11.0. The van der Waals surface area contributed by atoms with Crippen molar-refractivity contribution in [3.63, 3.8) is 0 Å². The lowest BCUT2D eigenvalue weighted by molar-refractivity contribution is 0.249. The summed E-state index contributed by atoms with van der Waals surface area (Å²) < 4.78 is 32.4. The van der Waals surface area contributed by atoms with Gasteiger partial charge in [-0.15, -0.1) is 4.40 Å². The molecule has 4 N–H and O–H groups in total. The number of benzene rings is 1. The maximum absolute atomic E-state index is 11.1. The highest BCUT2D eigenvalue weighted by Crippen LogP contribution is 2.15. The van der Waals surface area contributed by atoms with Crippen LogP contribution in [-0.2, 0) is 10.2 Å². The number of nitrogens with zero attached hydrogens (tertiary/aromatic N) is 1. The molecule has 1 aliphatic rings. The van der Waals surface area contributed by atoms with Crippen LogP contribution in [0.5, 0.6) is 5.75 Å². The summed E-state index contributed by atoms with van der Waals surface area (Å²) in [6.45, 7) is -0.172. The van der Waals surface area contributed by atoms with Crippen molar-refractivity contribution in [3.8, 4) is 5.75 Å². The monoisotopic (exact) mass is 307 g/mol. The van der Waals surface area contributed by atoms with Gasteiger partial charge in [0.2, 0.25) is 0 Å². The van der Waals surface area contributed by atoms with Crippen molar-refractivity contribution >= 4 is 33.7 Å². The first-order chi connectivity index (χ1) is 8.44. The van der Waals surface area contributed by atoms with Crippen LogP contribution in [0.1, 0.15) is 0 Å². The van der Waals surface area contributed by atoms with Gasteiger partial charge in [-0.05, 0) is 24.3 Å². The summed E-state index contributed by atoms with van der Waals surface area (Å²) in [5.74, 6) is 0.390. The summed E-state index contributed by atoms with van der Waals surface area (Å²) >= 11 is 5.69. The normalized spacial score (nSPS) is 16.5. The van der Waals surface area contributed by atoms with Gasteiger partial charge in [-0.2, -0.15) is 8.42 Å². The van der Waals surface area contributed by atoms with E-state index < -0.39 is 16.2 Å². The van der Waals surface area contributed by atoms with E-state index in [2.05, 4.69) is 9.71 Å². The molecule has 8 nitrogen and oxygen atoms in total. The molecule has 0 fully saturated rings. The topological polar surface area (TPSA) is 128 Å². The lowest BCUT2D eigenvalue weighted by Crippen LogP contribution is -2.48. The molecule has 10 heteroatoms. The second-order valence-electron chi connectivity index (χ2n) is 3.31. The lowest BCUT2D eigenvalue weighted by Gasteiger charge is -2.14. The molecular formula is C9H10ClN3O5S. The molecule has 1 heterocycles. The summed E-state index contributed by atoms with van der Waals surface area (Å²) in [7, 11) is -3.97. The Kier molecular flexibility index (Phi) is 4.70. The number of urea groups is 1. The third-order valence-corrected chi connectivity index (χ3v) is 3.06. The second kappa shape index (κ2) is 5.87. The van der Waals surface area contributed by atoms with Crippen LogP contribution in [0.2, 0.25) is 5.02 Å². The fraction of sp³-hybridized carbons (Fsp3) is 0.111. The number of rotatable bonds is 3. The van der Waals surface area contributed by atoms with Crippen molar-refractivity contribution in [3.05, 3.63) is 29.3 Å². The van der Waals surface area contributed by atoms with E-state index in [1.54, 1.807) is 29.0 Å². The predicted molar refractivity (Wildman–Crippen MR) is 68.6 cm³/mol. The molecule has 1 aromatic carbocycles. The molecular weight excluding hydrogens is 298 g/mol. The van der Waals surface area contributed by atoms with Gasteiger partial charge in [0.1, 0.15) is 12.4 Å². The van der Waals surface area contributed by atoms with Crippen LogP contribution in [0, 0.1) is 0 Å². The standard InChI is InChI=1S/C9H8ClN3O4S.H2O/c10-6-1-3-7(4-2-6)17-5-8-11-9(14)13-18(15,16)12-8;/h1-4H,5H2,(H2,11,12,13,14);1H2. The Morgan fingerprint density at radius 2 is 1.89 bits per heavy atom. The summed E-state index contributed by atoms with van der Waals surface area (Å²) in [5.41, 5.74) is 0. The number of amidine groups is 1. The van der Waals surface area contributed by atoms with Crippen molar-refractivity contribution in [1.29, 1.82) is 0 Å². The third kappa shape index (κ3) is 4.39. The molecule has 0 saturated carbocycles. The fourth-order valence-corrected chi connectivity index (χ4v) is 2.05. The highest BCUT2D eigenvalue weighted by molar-refractivity contribution is 7.89. The SMILES string of the molecule is O.O=C1NC(COc2ccc(Cl)cc2)=NS(=O)(=O)N1. The average molecular weight is 308 g/mol. The number of amides is 2. The predicted octanol–water partition coefficient (Wildman–Crippen LogP) is -0.150. The minimum absolute atomic E-state index is 0. The maximum Gasteiger partial charge on any atom is 0.347 e. The number of hydrogen-bond donors (Lipinski definition) is 2. The lowest BCUT2D eigenvalue weighted by atomic mass is 10.3. The zero-order valence-corrected chi connectivity index (χ0v) is 11.0. The minimum Gasteiger partial charge on any atom is -0.486 e. The van der Waals surface area contributed by atoms with Crippen molar-refractivity contribution in [1.82, 2.24) is 10.0 Å². The Labute approximate surface area is 113 Å². The Morgan fingerprint density at radius 1 is 1.26 bits per heavy atom. The van der Waals surface area contributed by atoms with E-state index in [4.69, 9.17) is 16.3 Å². The van der Waals surface area contributed by atoms with Crippen LogP contribution in [0.3, 0.4) is 0 Å². The zero-order valence-electron chi connectivity index (χ0n) is 9.38. The van der Waals surface area contributed by atoms with Gasteiger partial charge in [-0.25, -0.2) is 9.52 Å². The number of nitrogens with one attached hydrogen (secondary N) is 2. The van der Waals surface area contributed by atoms with Gasteiger partial charge in [0.15, 0.2) is 5.84 Å². The van der Waals surface area contributed by atoms with Gasteiger partial charge in [-0.1, -0.05) is 11.6 Å². The fourth-order valence-electron chi connectivity index (χ4n) is 1.21. The van der Waals surface area contributed by atoms with Crippen molar-refractivity contribution in [2.75, 3.05) is 6.61 Å². The van der Waals surface area contributed by atoms with Crippen molar-refractivity contribution in [2.45, 2.75) is 0 Å². The Bertz CT molecular complexity index is 599. The molecule has 2 rings (SSSR count). The molecule has 0 aromatic heterocycles. The van der Waals surface area contributed by atoms with E-state index in [-0.39, 0.29) is 17.9 Å². The van der Waals surface area contributed by atoms with Crippen LogP contribution in [0.15, 0.2) is 28.7 Å². The first kappa shape index (κ1) is 15.2. The maximum atomic E-state index is 11.1. The third-order valence-electron chi connectivity index (χ3n) is 1.90. The molecule has 0 unspecified atom stereocenters. The number of ether oxygens (including phenoxy) is 1. The molecule has 0 spiro atoms. The molecule has 0 aliphatic carbocycles. The van der Waals surface area contributed by atoms with Crippen LogP contribution >= 0.6 is 11.6 Å². The molecule has 1 aromatic rings. The van der Waals surface area contributed by atoms with Crippen LogP contribution in [-0.4, -0.2) is 32.4 Å². The molecule has 104 valence electrons. The number of hydrogen-bond acceptors (Lipinski definition) is 4. The number of carbonyl (C=O) groups is 1. The van der Waals surface area contributed by atoms with E-state index in [0.717, 1.165) is 0 Å². The van der Waals surface area contributed by atoms with Gasteiger partial charge in [0.05, 0.1) is 0 Å². The van der Waals surface area contributed by atoms with Crippen molar-refractivity contribution in [2.24, 2.45) is 4.40 Å². The van der Waals surface area contributed by atoms with Gasteiger partial charge < -0.3 is 10.2 Å². The van der Waals surface area contributed by atoms with Crippen LogP contribution in [0.4, 0.5) is 4.79 Å². The molecule has 0 atom stereocenters. The van der Waals surface area contributed by atoms with E-state index in [0.29, 0.717) is 10.8 Å². The van der Waals surface area contributed by atoms with Crippen molar-refractivity contribution < 1.29 is 23.4 Å². The van der Waals surface area contributed by atoms with E-state index >= 15 is 0 Å². The number of carbonyl (C=O) groups excluding carboxylic acids is 1. The molecule has 2 amide bonds. The molecule has 0 saturated heterocycles.